The molecule has 0 aromatic carbocycles. The molecule has 80 valence electrons. The summed E-state index contributed by atoms with van der Waals surface area (Å²) in [6.07, 6.45) is 0.887. The Hall–Kier alpha value is 0.0700. The van der Waals surface area contributed by atoms with E-state index < -0.39 is 11.0 Å². The minimum absolute atomic E-state index is 0.193. The number of nitrogens with one attached hydrogen (secondary N) is 1. The quantitative estimate of drug-likeness (QED) is 0.741. The lowest BCUT2D eigenvalue weighted by atomic mass is 10.3. The van der Waals surface area contributed by atoms with Gasteiger partial charge in [-0.05, 0) is 34.1 Å². The Morgan fingerprint density at radius 3 is 2.38 bits per heavy atom. The molecule has 0 saturated heterocycles. The van der Waals surface area contributed by atoms with Crippen LogP contribution in [0.3, 0.4) is 0 Å². The van der Waals surface area contributed by atoms with E-state index in [1.54, 1.807) is 7.11 Å². The maximum Gasteiger partial charge on any atom is 0.0972 e. The van der Waals surface area contributed by atoms with Crippen molar-refractivity contribution < 1.29 is 8.95 Å². The number of hydrogen-bond acceptors (Lipinski definition) is 2. The van der Waals surface area contributed by atoms with Gasteiger partial charge in [0.2, 0.25) is 0 Å². The van der Waals surface area contributed by atoms with Gasteiger partial charge in [-0.2, -0.15) is 0 Å². The topological polar surface area (TPSA) is 38.3 Å². The summed E-state index contributed by atoms with van der Waals surface area (Å²) in [5.41, 5.74) is 0. The summed E-state index contributed by atoms with van der Waals surface area (Å²) in [6, 6.07) is 0.236. The Morgan fingerprint density at radius 1 is 1.46 bits per heavy atom. The molecule has 0 spiro atoms. The third-order valence-corrected chi connectivity index (χ3v) is 3.35. The standard InChI is InChI=1S/C9H21NO2S/c1-8(6-7-12-5)10-13(11)9(2,3)4/h8,10H,6-7H2,1-5H3/t8-,13?/m0/s1. The molecule has 2 atom stereocenters. The van der Waals surface area contributed by atoms with Crippen LogP contribution in [0.15, 0.2) is 0 Å². The molecule has 0 aromatic rings. The van der Waals surface area contributed by atoms with Crippen LogP contribution >= 0.6 is 0 Å². The van der Waals surface area contributed by atoms with Crippen molar-refractivity contribution in [1.29, 1.82) is 0 Å². The maximum atomic E-state index is 11.6. The summed E-state index contributed by atoms with van der Waals surface area (Å²) < 4.78 is 19.4. The van der Waals surface area contributed by atoms with Gasteiger partial charge in [-0.15, -0.1) is 0 Å². The predicted molar refractivity (Wildman–Crippen MR) is 57.0 cm³/mol. The van der Waals surface area contributed by atoms with Crippen molar-refractivity contribution in [3.63, 3.8) is 0 Å². The molecule has 3 nitrogen and oxygen atoms in total. The smallest absolute Gasteiger partial charge is 0.0972 e. The lowest BCUT2D eigenvalue weighted by Gasteiger charge is -2.21. The zero-order chi connectivity index (χ0) is 10.5. The summed E-state index contributed by atoms with van der Waals surface area (Å²) in [4.78, 5) is 0. The fourth-order valence-electron chi connectivity index (χ4n) is 0.713. The van der Waals surface area contributed by atoms with Gasteiger partial charge in [-0.1, -0.05) is 0 Å². The van der Waals surface area contributed by atoms with Gasteiger partial charge in [0.25, 0.3) is 0 Å². The molecule has 1 unspecified atom stereocenters. The summed E-state index contributed by atoms with van der Waals surface area (Å²) in [5.74, 6) is 0. The highest BCUT2D eigenvalue weighted by Crippen LogP contribution is 2.09. The highest BCUT2D eigenvalue weighted by atomic mass is 32.2. The first-order valence-electron chi connectivity index (χ1n) is 4.55. The number of rotatable bonds is 5. The van der Waals surface area contributed by atoms with Crippen LogP contribution in [0.25, 0.3) is 0 Å². The predicted octanol–water partition coefficient (Wildman–Crippen LogP) is 1.46. The number of ether oxygens (including phenoxy) is 1. The largest absolute Gasteiger partial charge is 0.385 e. The zero-order valence-corrected chi connectivity index (χ0v) is 10.0. The van der Waals surface area contributed by atoms with Crippen LogP contribution in [-0.4, -0.2) is 28.7 Å². The first-order valence-corrected chi connectivity index (χ1v) is 5.70. The van der Waals surface area contributed by atoms with Gasteiger partial charge in [0, 0.05) is 19.8 Å². The monoisotopic (exact) mass is 207 g/mol. The van der Waals surface area contributed by atoms with Crippen LogP contribution in [-0.2, 0) is 15.7 Å². The van der Waals surface area contributed by atoms with Crippen molar-refractivity contribution in [3.05, 3.63) is 0 Å². The molecule has 0 fully saturated rings. The van der Waals surface area contributed by atoms with Crippen LogP contribution in [0.5, 0.6) is 0 Å². The molecule has 0 aromatic heterocycles. The first-order chi connectivity index (χ1) is 5.88. The molecule has 0 aliphatic heterocycles. The molecule has 0 amide bonds. The molecule has 0 saturated carbocycles. The van der Waals surface area contributed by atoms with E-state index in [0.717, 1.165) is 6.42 Å². The third kappa shape index (κ3) is 6.18. The molecule has 0 radical (unpaired) electrons. The number of methoxy groups -OCH3 is 1. The van der Waals surface area contributed by atoms with E-state index in [-0.39, 0.29) is 10.8 Å². The van der Waals surface area contributed by atoms with E-state index in [1.807, 2.05) is 27.7 Å². The first kappa shape index (κ1) is 13.1. The summed E-state index contributed by atoms with van der Waals surface area (Å²) in [7, 11) is 0.698. The third-order valence-electron chi connectivity index (χ3n) is 1.62. The molecular formula is C9H21NO2S. The molecular weight excluding hydrogens is 186 g/mol. The van der Waals surface area contributed by atoms with Crippen molar-refractivity contribution in [2.24, 2.45) is 0 Å². The Balaban J connectivity index is 3.79. The van der Waals surface area contributed by atoms with Crippen LogP contribution in [0.4, 0.5) is 0 Å². The molecule has 0 aliphatic rings. The van der Waals surface area contributed by atoms with E-state index in [9.17, 15) is 4.21 Å². The minimum atomic E-state index is -0.976. The fourth-order valence-corrected chi connectivity index (χ4v) is 1.55. The molecule has 0 rings (SSSR count). The SMILES string of the molecule is COCC[C@H](C)NS(=O)C(C)(C)C. The van der Waals surface area contributed by atoms with Gasteiger partial charge in [-0.25, -0.2) is 8.93 Å². The van der Waals surface area contributed by atoms with Crippen LogP contribution in [0.2, 0.25) is 0 Å². The highest BCUT2D eigenvalue weighted by Gasteiger charge is 2.20. The van der Waals surface area contributed by atoms with Crippen molar-refractivity contribution >= 4 is 11.0 Å². The Labute approximate surface area is 83.8 Å². The van der Waals surface area contributed by atoms with Gasteiger partial charge in [0.15, 0.2) is 0 Å². The summed E-state index contributed by atoms with van der Waals surface area (Å²) in [6.45, 7) is 8.59. The Kier molecular flexibility index (Phi) is 5.76. The van der Waals surface area contributed by atoms with E-state index in [1.165, 1.54) is 0 Å². The Morgan fingerprint density at radius 2 is 2.00 bits per heavy atom. The van der Waals surface area contributed by atoms with Gasteiger partial charge in [-0.3, -0.25) is 0 Å². The molecule has 0 aliphatic carbocycles. The van der Waals surface area contributed by atoms with E-state index in [2.05, 4.69) is 4.72 Å². The molecule has 0 bridgehead atoms. The number of hydrogen-bond donors (Lipinski definition) is 1. The minimum Gasteiger partial charge on any atom is -0.385 e. The van der Waals surface area contributed by atoms with Crippen LogP contribution in [0, 0.1) is 0 Å². The molecule has 1 N–H and O–H groups in total. The van der Waals surface area contributed by atoms with Crippen molar-refractivity contribution in [1.82, 2.24) is 4.72 Å². The normalized spacial score (nSPS) is 17.0. The highest BCUT2D eigenvalue weighted by molar-refractivity contribution is 7.84. The average Bonchev–Trinajstić information content (AvgIpc) is 1.99. The lowest BCUT2D eigenvalue weighted by molar-refractivity contribution is 0.188. The Bertz CT molecular complexity index is 165. The summed E-state index contributed by atoms with van der Waals surface area (Å²) >= 11 is 0. The van der Waals surface area contributed by atoms with Gasteiger partial charge >= 0.3 is 0 Å². The van der Waals surface area contributed by atoms with E-state index in [4.69, 9.17) is 4.74 Å². The molecule has 13 heavy (non-hydrogen) atoms. The molecule has 0 heterocycles. The summed E-state index contributed by atoms with van der Waals surface area (Å²) in [5, 5.41) is 0. The second kappa shape index (κ2) is 5.73. The van der Waals surface area contributed by atoms with Gasteiger partial charge in [0.05, 0.1) is 15.7 Å². The van der Waals surface area contributed by atoms with Crippen molar-refractivity contribution in [2.75, 3.05) is 13.7 Å². The van der Waals surface area contributed by atoms with E-state index in [0.29, 0.717) is 6.61 Å². The van der Waals surface area contributed by atoms with Crippen LogP contribution < -0.4 is 4.72 Å². The van der Waals surface area contributed by atoms with Gasteiger partial charge < -0.3 is 4.74 Å². The fraction of sp³-hybridized carbons (Fsp3) is 1.00. The lowest BCUT2D eigenvalue weighted by Crippen LogP contribution is -2.38. The second-order valence-electron chi connectivity index (χ2n) is 4.18. The van der Waals surface area contributed by atoms with Gasteiger partial charge in [0.1, 0.15) is 0 Å². The van der Waals surface area contributed by atoms with Crippen molar-refractivity contribution in [3.8, 4) is 0 Å². The van der Waals surface area contributed by atoms with Crippen LogP contribution in [0.1, 0.15) is 34.1 Å². The average molecular weight is 207 g/mol. The zero-order valence-electron chi connectivity index (χ0n) is 9.22. The van der Waals surface area contributed by atoms with Crippen molar-refractivity contribution in [2.45, 2.75) is 44.9 Å². The second-order valence-corrected chi connectivity index (χ2v) is 6.18. The van der Waals surface area contributed by atoms with E-state index >= 15 is 0 Å². The maximum absolute atomic E-state index is 11.6. The molecule has 4 heteroatoms.